The maximum Gasteiger partial charge on any atom is 0.427 e. The fraction of sp³-hybridized carbons (Fsp3) is 0.634. The zero-order valence-corrected chi connectivity index (χ0v) is 35.6. The summed E-state index contributed by atoms with van der Waals surface area (Å²) in [6, 6.07) is 4.10. The van der Waals surface area contributed by atoms with E-state index in [9.17, 15) is 40.8 Å². The summed E-state index contributed by atoms with van der Waals surface area (Å²) < 4.78 is 91.2. The molecule has 0 spiro atoms. The molecule has 6 rings (SSSR count). The number of aromatic nitrogens is 1. The van der Waals surface area contributed by atoms with Gasteiger partial charge in [-0.15, -0.1) is 0 Å². The fourth-order valence-corrected chi connectivity index (χ4v) is 9.13. The molecule has 60 heavy (non-hydrogen) atoms. The molecular formula is C41H54F3N5O10S. The minimum Gasteiger partial charge on any atom is -0.497 e. The summed E-state index contributed by atoms with van der Waals surface area (Å²) in [5.41, 5.74) is -4.56. The Morgan fingerprint density at radius 2 is 1.82 bits per heavy atom. The van der Waals surface area contributed by atoms with Crippen molar-refractivity contribution < 1.29 is 59.7 Å². The molecule has 1 aromatic carbocycles. The van der Waals surface area contributed by atoms with Gasteiger partial charge in [0, 0.05) is 23.8 Å². The summed E-state index contributed by atoms with van der Waals surface area (Å²) >= 11 is 0. The number of benzene rings is 1. The largest absolute Gasteiger partial charge is 0.497 e. The predicted octanol–water partition coefficient (Wildman–Crippen LogP) is 5.31. The van der Waals surface area contributed by atoms with Crippen molar-refractivity contribution in [1.29, 1.82) is 0 Å². The zero-order chi connectivity index (χ0) is 44.0. The average molecular weight is 866 g/mol. The molecule has 1 saturated heterocycles. The van der Waals surface area contributed by atoms with Gasteiger partial charge in [-0.05, 0) is 102 Å². The molecule has 3 heterocycles. The van der Waals surface area contributed by atoms with Gasteiger partial charge in [0.1, 0.15) is 29.5 Å². The number of amides is 4. The first-order valence-corrected chi connectivity index (χ1v) is 21.7. The molecule has 4 amide bonds. The van der Waals surface area contributed by atoms with Crippen molar-refractivity contribution in [1.82, 2.24) is 25.2 Å². The van der Waals surface area contributed by atoms with Gasteiger partial charge < -0.3 is 34.5 Å². The van der Waals surface area contributed by atoms with Gasteiger partial charge in [0.25, 0.3) is 5.91 Å². The summed E-state index contributed by atoms with van der Waals surface area (Å²) in [4.78, 5) is 62.3. The molecule has 2 aliphatic heterocycles. The molecule has 330 valence electrons. The van der Waals surface area contributed by atoms with Gasteiger partial charge in [-0.3, -0.25) is 19.1 Å². The van der Waals surface area contributed by atoms with Crippen molar-refractivity contribution >= 4 is 44.6 Å². The van der Waals surface area contributed by atoms with Crippen LogP contribution in [0, 0.1) is 17.8 Å². The number of rotatable bonds is 10. The van der Waals surface area contributed by atoms with Crippen molar-refractivity contribution in [2.75, 3.05) is 20.3 Å². The maximum atomic E-state index is 14.8. The monoisotopic (exact) mass is 865 g/mol. The SMILES string of the molecule is CCOc1cc2cc(OC)ccc2c(O[C@@H]2C[C@H]3C(=O)N[C@]4(C(=O)NS(=O)(=O)C5(C)CC5)C[C@H]4/C=C\CC[C@H](C)C[C@@H](C)[C@H](NC(=O)OC(C)(C)C(F)(F)F)C(=O)N3C2)n1. The van der Waals surface area contributed by atoms with Crippen LogP contribution in [-0.2, 0) is 29.1 Å². The Bertz CT molecular complexity index is 2150. The topological polar surface area (TPSA) is 192 Å². The van der Waals surface area contributed by atoms with Crippen LogP contribution < -0.4 is 29.6 Å². The molecule has 4 aliphatic rings. The first kappa shape index (κ1) is 44.7. The van der Waals surface area contributed by atoms with Crippen molar-refractivity contribution in [2.24, 2.45) is 17.8 Å². The molecule has 0 unspecified atom stereocenters. The number of nitrogens with one attached hydrogen (secondary N) is 3. The lowest BCUT2D eigenvalue weighted by atomic mass is 9.88. The zero-order valence-electron chi connectivity index (χ0n) is 34.8. The Labute approximate surface area is 347 Å². The second kappa shape index (κ2) is 16.6. The third-order valence-electron chi connectivity index (χ3n) is 12.1. The Hall–Kier alpha value is -4.81. The van der Waals surface area contributed by atoms with Crippen LogP contribution in [0.25, 0.3) is 10.8 Å². The maximum absolute atomic E-state index is 14.8. The molecule has 3 N–H and O–H groups in total. The number of pyridine rings is 1. The minimum absolute atomic E-state index is 0.0491. The van der Waals surface area contributed by atoms with E-state index < -0.39 is 85.9 Å². The number of methoxy groups -OCH3 is 1. The number of fused-ring (bicyclic) bond motifs is 3. The smallest absolute Gasteiger partial charge is 0.427 e. The van der Waals surface area contributed by atoms with Crippen LogP contribution in [0.4, 0.5) is 18.0 Å². The van der Waals surface area contributed by atoms with E-state index in [-0.39, 0.29) is 43.7 Å². The highest BCUT2D eigenvalue weighted by Crippen LogP contribution is 2.48. The number of hydrogen-bond donors (Lipinski definition) is 3. The summed E-state index contributed by atoms with van der Waals surface area (Å²) in [5.74, 6) is -2.85. The fourth-order valence-electron chi connectivity index (χ4n) is 7.82. The highest BCUT2D eigenvalue weighted by molar-refractivity contribution is 7.91. The normalized spacial score (nSPS) is 28.8. The Balaban J connectivity index is 1.37. The molecule has 0 radical (unpaired) electrons. The number of nitrogens with zero attached hydrogens (tertiary/aromatic N) is 2. The number of allylic oxidation sites excluding steroid dienone is 1. The predicted molar refractivity (Wildman–Crippen MR) is 213 cm³/mol. The van der Waals surface area contributed by atoms with Gasteiger partial charge >= 0.3 is 12.3 Å². The number of halogens is 3. The Morgan fingerprint density at radius 3 is 2.47 bits per heavy atom. The molecule has 2 saturated carbocycles. The van der Waals surface area contributed by atoms with Crippen LogP contribution in [-0.4, -0.2) is 103 Å². The van der Waals surface area contributed by atoms with E-state index in [0.717, 1.165) is 0 Å². The van der Waals surface area contributed by atoms with Crippen LogP contribution in [0.15, 0.2) is 36.4 Å². The molecular weight excluding hydrogens is 812 g/mol. The number of alkyl carbamates (subject to hydrolysis) is 1. The van der Waals surface area contributed by atoms with Gasteiger partial charge in [0.15, 0.2) is 0 Å². The van der Waals surface area contributed by atoms with Crippen molar-refractivity contribution in [3.8, 4) is 17.5 Å². The van der Waals surface area contributed by atoms with E-state index in [4.69, 9.17) is 18.9 Å². The summed E-state index contributed by atoms with van der Waals surface area (Å²) in [7, 11) is -2.57. The summed E-state index contributed by atoms with van der Waals surface area (Å²) in [6.45, 7) is 8.36. The molecule has 7 atom stereocenters. The third-order valence-corrected chi connectivity index (χ3v) is 14.3. The Kier molecular flexibility index (Phi) is 12.4. The molecule has 1 aromatic heterocycles. The second-order valence-electron chi connectivity index (χ2n) is 17.3. The van der Waals surface area contributed by atoms with Crippen molar-refractivity contribution in [3.05, 3.63) is 36.4 Å². The van der Waals surface area contributed by atoms with E-state index in [0.29, 0.717) is 62.5 Å². The lowest BCUT2D eigenvalue weighted by Crippen LogP contribution is -2.59. The second-order valence-corrected chi connectivity index (χ2v) is 19.5. The number of ether oxygens (including phenoxy) is 4. The third kappa shape index (κ3) is 9.24. The number of carbonyl (C=O) groups excluding carboxylic acids is 4. The average Bonchev–Trinajstić information content (AvgIpc) is 4.04. The van der Waals surface area contributed by atoms with Gasteiger partial charge in [0.05, 0.1) is 25.0 Å². The van der Waals surface area contributed by atoms with E-state index >= 15 is 0 Å². The molecule has 3 fully saturated rings. The molecule has 2 aliphatic carbocycles. The first-order valence-electron chi connectivity index (χ1n) is 20.2. The first-order chi connectivity index (χ1) is 28.0. The van der Waals surface area contributed by atoms with Crippen LogP contribution in [0.2, 0.25) is 0 Å². The Morgan fingerprint density at radius 1 is 1.10 bits per heavy atom. The summed E-state index contributed by atoms with van der Waals surface area (Å²) in [6.07, 6.45) is -1.50. The van der Waals surface area contributed by atoms with E-state index in [1.807, 2.05) is 13.0 Å². The highest BCUT2D eigenvalue weighted by atomic mass is 32.2. The van der Waals surface area contributed by atoms with Crippen LogP contribution >= 0.6 is 0 Å². The van der Waals surface area contributed by atoms with Crippen molar-refractivity contribution in [2.45, 2.75) is 127 Å². The quantitative estimate of drug-likeness (QED) is 0.262. The highest BCUT2D eigenvalue weighted by Gasteiger charge is 2.63. The van der Waals surface area contributed by atoms with Gasteiger partial charge in [-0.25, -0.2) is 13.2 Å². The van der Waals surface area contributed by atoms with Crippen LogP contribution in [0.5, 0.6) is 17.5 Å². The lowest BCUT2D eigenvalue weighted by Gasteiger charge is -2.34. The molecule has 19 heteroatoms. The number of alkyl halides is 3. The standard InChI is InChI=1S/C41H54F3N5O10S/c1-8-57-31-19-25-18-27(56-7)13-14-29(25)34(45-31)58-28-20-30-33(50)47-40(36(52)48-60(54,55)39(6)15-16-39)21-26(40)12-10-9-11-23(2)17-24(3)32(35(51)49(30)22-28)46-37(53)59-38(4,5)41(42,43)44/h10,12-14,18-19,23-24,26,28,30,32H,8-9,11,15-17,20-22H2,1-7H3,(H,46,53)(H,47,50)(H,48,52)/b12-10-/t23-,24+,26+,28+,30-,32-,40+/m0/s1. The lowest BCUT2D eigenvalue weighted by molar-refractivity contribution is -0.244. The van der Waals surface area contributed by atoms with Gasteiger partial charge in [-0.2, -0.15) is 18.2 Å². The number of hydrogen-bond acceptors (Lipinski definition) is 11. The van der Waals surface area contributed by atoms with Gasteiger partial charge in [0.2, 0.25) is 39.2 Å². The van der Waals surface area contributed by atoms with Crippen LogP contribution in [0.3, 0.4) is 0 Å². The van der Waals surface area contributed by atoms with E-state index in [1.54, 1.807) is 44.2 Å². The number of carbonyl (C=O) groups is 4. The minimum atomic E-state index is -4.92. The summed E-state index contributed by atoms with van der Waals surface area (Å²) in [5, 5.41) is 6.40. The molecule has 2 aromatic rings. The van der Waals surface area contributed by atoms with Gasteiger partial charge in [-0.1, -0.05) is 26.0 Å². The van der Waals surface area contributed by atoms with Crippen molar-refractivity contribution in [3.63, 3.8) is 0 Å². The number of sulfonamides is 1. The molecule has 15 nitrogen and oxygen atoms in total. The van der Waals surface area contributed by atoms with Crippen LogP contribution in [0.1, 0.15) is 86.5 Å². The van der Waals surface area contributed by atoms with E-state index in [1.165, 1.54) is 18.9 Å². The molecule has 0 bridgehead atoms. The van der Waals surface area contributed by atoms with E-state index in [2.05, 4.69) is 20.3 Å².